The van der Waals surface area contributed by atoms with Crippen LogP contribution in [0.3, 0.4) is 0 Å². The fraction of sp³-hybridized carbons (Fsp3) is 0.455. The van der Waals surface area contributed by atoms with Crippen molar-refractivity contribution in [2.24, 2.45) is 0 Å². The molecule has 1 aromatic rings. The first-order chi connectivity index (χ1) is 7.61. The lowest BCUT2D eigenvalue weighted by atomic mass is 10.1. The van der Waals surface area contributed by atoms with Gasteiger partial charge < -0.3 is 4.43 Å². The van der Waals surface area contributed by atoms with Gasteiger partial charge >= 0.3 is 6.18 Å². The first-order valence-electron chi connectivity index (χ1n) is 5.10. The van der Waals surface area contributed by atoms with Crippen LogP contribution in [0.25, 0.3) is 0 Å². The lowest BCUT2D eigenvalue weighted by Gasteiger charge is -2.29. The molecular weight excluding hydrogens is 313 g/mol. The van der Waals surface area contributed by atoms with Gasteiger partial charge in [-0.1, -0.05) is 34.1 Å². The number of hydrogen-bond acceptors (Lipinski definition) is 1. The lowest BCUT2D eigenvalue weighted by molar-refractivity contribution is -0.200. The first kappa shape index (κ1) is 14.7. The summed E-state index contributed by atoms with van der Waals surface area (Å²) in [5, 5.41) is 0. The van der Waals surface area contributed by atoms with Gasteiger partial charge in [0, 0.05) is 10.0 Å². The van der Waals surface area contributed by atoms with Gasteiger partial charge in [0.1, 0.15) is 0 Å². The largest absolute Gasteiger partial charge is 0.417 e. The normalized spacial score (nSPS) is 14.8. The molecule has 6 heteroatoms. The van der Waals surface area contributed by atoms with Crippen LogP contribution in [-0.2, 0) is 4.43 Å². The Hall–Kier alpha value is -0.333. The second-order valence-electron chi connectivity index (χ2n) is 4.67. The summed E-state index contributed by atoms with van der Waals surface area (Å²) in [7, 11) is -2.28. The topological polar surface area (TPSA) is 9.23 Å². The van der Waals surface area contributed by atoms with E-state index in [0.29, 0.717) is 4.47 Å². The first-order valence-corrected chi connectivity index (χ1v) is 9.30. The molecule has 1 atom stereocenters. The maximum Gasteiger partial charge on any atom is 0.417 e. The molecule has 0 aromatic heterocycles. The number of alkyl halides is 3. The third-order valence-electron chi connectivity index (χ3n) is 1.96. The lowest BCUT2D eigenvalue weighted by Crippen LogP contribution is -2.35. The predicted octanol–water partition coefficient (Wildman–Crippen LogP) is 4.90. The number of halogens is 4. The van der Waals surface area contributed by atoms with E-state index in [4.69, 9.17) is 4.43 Å². The van der Waals surface area contributed by atoms with Crippen LogP contribution < -0.4 is 0 Å². The molecule has 0 heterocycles. The summed E-state index contributed by atoms with van der Waals surface area (Å²) in [6.45, 7) is 5.22. The molecule has 0 N–H and O–H groups in total. The smallest absolute Gasteiger partial charge is 0.403 e. The van der Waals surface area contributed by atoms with Gasteiger partial charge in [-0.05, 0) is 25.7 Å². The molecule has 0 aliphatic rings. The van der Waals surface area contributed by atoms with Crippen molar-refractivity contribution >= 4 is 24.2 Å². The summed E-state index contributed by atoms with van der Waals surface area (Å²) in [4.78, 5) is 0. The van der Waals surface area contributed by atoms with Gasteiger partial charge in [0.25, 0.3) is 0 Å². The van der Waals surface area contributed by atoms with E-state index in [1.807, 2.05) is 0 Å². The van der Waals surface area contributed by atoms with Crippen molar-refractivity contribution in [3.05, 3.63) is 34.3 Å². The molecule has 1 rings (SSSR count). The molecule has 0 aliphatic heterocycles. The highest BCUT2D eigenvalue weighted by molar-refractivity contribution is 9.10. The minimum Gasteiger partial charge on any atom is -0.403 e. The van der Waals surface area contributed by atoms with Crippen molar-refractivity contribution in [1.82, 2.24) is 0 Å². The van der Waals surface area contributed by atoms with Gasteiger partial charge in [-0.2, -0.15) is 13.2 Å². The zero-order valence-corrected chi connectivity index (χ0v) is 12.4. The molecule has 17 heavy (non-hydrogen) atoms. The van der Waals surface area contributed by atoms with E-state index in [2.05, 4.69) is 15.9 Å². The van der Waals surface area contributed by atoms with Crippen LogP contribution in [0.1, 0.15) is 11.7 Å². The van der Waals surface area contributed by atoms with Crippen molar-refractivity contribution in [2.75, 3.05) is 0 Å². The Morgan fingerprint density at radius 1 is 1.18 bits per heavy atom. The molecular formula is C11H14BrF3OSi. The van der Waals surface area contributed by atoms with Crippen LogP contribution in [0.5, 0.6) is 0 Å². The van der Waals surface area contributed by atoms with Crippen molar-refractivity contribution in [2.45, 2.75) is 31.9 Å². The van der Waals surface area contributed by atoms with Crippen molar-refractivity contribution < 1.29 is 17.6 Å². The Bertz CT molecular complexity index is 387. The summed E-state index contributed by atoms with van der Waals surface area (Å²) in [5.74, 6) is 0. The number of rotatable bonds is 3. The van der Waals surface area contributed by atoms with Crippen molar-refractivity contribution in [3.8, 4) is 0 Å². The molecule has 0 radical (unpaired) electrons. The summed E-state index contributed by atoms with van der Waals surface area (Å²) in [5.41, 5.74) is 0.127. The van der Waals surface area contributed by atoms with Crippen LogP contribution in [0.4, 0.5) is 13.2 Å². The van der Waals surface area contributed by atoms with Gasteiger partial charge in [0.15, 0.2) is 14.4 Å². The highest BCUT2D eigenvalue weighted by atomic mass is 79.9. The van der Waals surface area contributed by atoms with E-state index in [9.17, 15) is 13.2 Å². The molecule has 96 valence electrons. The number of hydrogen-bond donors (Lipinski definition) is 0. The molecule has 1 nitrogen and oxygen atoms in total. The van der Waals surface area contributed by atoms with Gasteiger partial charge in [0.05, 0.1) is 0 Å². The minimum absolute atomic E-state index is 0.127. The van der Waals surface area contributed by atoms with Gasteiger partial charge in [-0.15, -0.1) is 0 Å². The average Bonchev–Trinajstić information content (AvgIpc) is 2.12. The third kappa shape index (κ3) is 4.44. The Labute approximate surface area is 108 Å². The van der Waals surface area contributed by atoms with E-state index in [1.54, 1.807) is 37.8 Å². The third-order valence-corrected chi connectivity index (χ3v) is 3.62. The van der Waals surface area contributed by atoms with Gasteiger partial charge in [0.2, 0.25) is 0 Å². The maximum absolute atomic E-state index is 13.0. The zero-order valence-electron chi connectivity index (χ0n) is 9.81. The van der Waals surface area contributed by atoms with E-state index in [0.717, 1.165) is 0 Å². The van der Waals surface area contributed by atoms with Crippen molar-refractivity contribution in [1.29, 1.82) is 0 Å². The summed E-state index contributed by atoms with van der Waals surface area (Å²) in [6.07, 6.45) is -6.26. The highest BCUT2D eigenvalue weighted by Gasteiger charge is 2.44. The van der Waals surface area contributed by atoms with E-state index < -0.39 is 20.6 Å². The second-order valence-corrected chi connectivity index (χ2v) is 9.99. The van der Waals surface area contributed by atoms with Crippen LogP contribution in [0.15, 0.2) is 28.7 Å². The predicted molar refractivity (Wildman–Crippen MR) is 67.4 cm³/mol. The van der Waals surface area contributed by atoms with Crippen LogP contribution >= 0.6 is 15.9 Å². The van der Waals surface area contributed by atoms with Crippen molar-refractivity contribution in [3.63, 3.8) is 0 Å². The standard InChI is InChI=1S/C11H14BrF3OSi/c1-17(2,3)16-10(11(13,14)15)8-6-4-5-7-9(8)12/h4-7,10H,1-3H3. The van der Waals surface area contributed by atoms with Crippen LogP contribution in [-0.4, -0.2) is 14.5 Å². The highest BCUT2D eigenvalue weighted by Crippen LogP contribution is 2.40. The van der Waals surface area contributed by atoms with Gasteiger partial charge in [-0.3, -0.25) is 0 Å². The SMILES string of the molecule is C[Si](C)(C)OC(c1ccccc1Br)C(F)(F)F. The second kappa shape index (κ2) is 5.12. The fourth-order valence-electron chi connectivity index (χ4n) is 1.35. The molecule has 0 amide bonds. The summed E-state index contributed by atoms with van der Waals surface area (Å²) < 4.78 is 44.6. The quantitative estimate of drug-likeness (QED) is 0.717. The molecule has 0 saturated carbocycles. The molecule has 0 saturated heterocycles. The Morgan fingerprint density at radius 3 is 2.12 bits per heavy atom. The van der Waals surface area contributed by atoms with Crippen LogP contribution in [0.2, 0.25) is 19.6 Å². The maximum atomic E-state index is 13.0. The molecule has 1 unspecified atom stereocenters. The Balaban J connectivity index is 3.13. The minimum atomic E-state index is -4.40. The van der Waals surface area contributed by atoms with E-state index in [-0.39, 0.29) is 5.56 Å². The number of benzene rings is 1. The fourth-order valence-corrected chi connectivity index (χ4v) is 2.81. The van der Waals surface area contributed by atoms with Gasteiger partial charge in [-0.25, -0.2) is 0 Å². The van der Waals surface area contributed by atoms with Crippen LogP contribution in [0, 0.1) is 0 Å². The molecule has 0 spiro atoms. The molecule has 0 fully saturated rings. The molecule has 0 aliphatic carbocycles. The average molecular weight is 327 g/mol. The monoisotopic (exact) mass is 326 g/mol. The van der Waals surface area contributed by atoms with E-state index in [1.165, 1.54) is 6.07 Å². The summed E-state index contributed by atoms with van der Waals surface area (Å²) >= 11 is 3.13. The Kier molecular flexibility index (Phi) is 4.43. The molecule has 0 bridgehead atoms. The summed E-state index contributed by atoms with van der Waals surface area (Å²) in [6, 6.07) is 6.27. The molecule has 1 aromatic carbocycles. The Morgan fingerprint density at radius 2 is 1.71 bits per heavy atom. The van der Waals surface area contributed by atoms with E-state index >= 15 is 0 Å². The zero-order chi connectivity index (χ0) is 13.3.